The Morgan fingerprint density at radius 1 is 1.31 bits per heavy atom. The van der Waals surface area contributed by atoms with Crippen molar-refractivity contribution in [2.24, 2.45) is 0 Å². The number of rotatable bonds is 4. The summed E-state index contributed by atoms with van der Waals surface area (Å²) in [5, 5.41) is 0. The molecular weight excluding hydrogens is 228 g/mol. The van der Waals surface area contributed by atoms with Gasteiger partial charge in [0.2, 0.25) is 0 Å². The van der Waals surface area contributed by atoms with E-state index in [-0.39, 0.29) is 0 Å². The summed E-state index contributed by atoms with van der Waals surface area (Å²) in [4.78, 5) is 10.4. The van der Waals surface area contributed by atoms with Gasteiger partial charge in [-0.3, -0.25) is 4.79 Å². The maximum atomic E-state index is 11.4. The lowest BCUT2D eigenvalue weighted by molar-refractivity contribution is -0.143. The summed E-state index contributed by atoms with van der Waals surface area (Å²) in [7, 11) is 2.94. The van der Waals surface area contributed by atoms with Crippen molar-refractivity contribution in [1.82, 2.24) is 0 Å². The summed E-state index contributed by atoms with van der Waals surface area (Å²) in [6, 6.07) is 7.42. The highest BCUT2D eigenvalue weighted by Gasteiger charge is 2.31. The summed E-state index contributed by atoms with van der Waals surface area (Å²) in [5.74, 6) is 0.350. The number of halogens is 1. The van der Waals surface area contributed by atoms with Crippen LogP contribution in [-0.2, 0) is 16.0 Å². The van der Waals surface area contributed by atoms with Crippen LogP contribution in [0.4, 0.5) is 0 Å². The zero-order valence-electron chi connectivity index (χ0n) is 9.62. The van der Waals surface area contributed by atoms with Gasteiger partial charge in [0.25, 0.3) is 0 Å². The molecule has 4 heteroatoms. The third-order valence-corrected chi connectivity index (χ3v) is 2.59. The molecule has 1 aromatic carbocycles. The number of esters is 1. The molecule has 0 aliphatic rings. The molecule has 0 aromatic heterocycles. The fourth-order valence-electron chi connectivity index (χ4n) is 1.41. The third kappa shape index (κ3) is 3.14. The summed E-state index contributed by atoms with van der Waals surface area (Å²) in [6.07, 6.45) is 0.422. The summed E-state index contributed by atoms with van der Waals surface area (Å²) in [6.45, 7) is 1.64. The van der Waals surface area contributed by atoms with E-state index in [1.807, 2.05) is 24.3 Å². The van der Waals surface area contributed by atoms with E-state index in [1.165, 1.54) is 7.11 Å². The predicted molar refractivity (Wildman–Crippen MR) is 63.0 cm³/mol. The van der Waals surface area contributed by atoms with E-state index >= 15 is 0 Å². The van der Waals surface area contributed by atoms with Crippen LogP contribution in [0.1, 0.15) is 12.5 Å². The van der Waals surface area contributed by atoms with Crippen LogP contribution in [0.3, 0.4) is 0 Å². The molecule has 3 nitrogen and oxygen atoms in total. The molecule has 0 saturated carbocycles. The first-order valence-corrected chi connectivity index (χ1v) is 5.27. The van der Waals surface area contributed by atoms with Gasteiger partial charge in [0, 0.05) is 6.42 Å². The number of hydrogen-bond donors (Lipinski definition) is 0. The number of carbonyl (C=O) groups excluding carboxylic acids is 1. The number of alkyl halides is 1. The highest BCUT2D eigenvalue weighted by molar-refractivity contribution is 6.33. The Hall–Kier alpha value is -1.22. The lowest BCUT2D eigenvalue weighted by atomic mass is 10.0. The molecule has 1 aromatic rings. The van der Waals surface area contributed by atoms with E-state index < -0.39 is 10.8 Å². The van der Waals surface area contributed by atoms with Crippen molar-refractivity contribution in [3.63, 3.8) is 0 Å². The van der Waals surface area contributed by atoms with E-state index in [1.54, 1.807) is 14.0 Å². The van der Waals surface area contributed by atoms with Crippen LogP contribution in [0.2, 0.25) is 0 Å². The van der Waals surface area contributed by atoms with Crippen LogP contribution in [0.25, 0.3) is 0 Å². The first-order chi connectivity index (χ1) is 7.49. The minimum absolute atomic E-state index is 0.422. The standard InChI is InChI=1S/C12H15ClO3/c1-12(13,11(14)16-3)8-9-4-6-10(15-2)7-5-9/h4-7H,8H2,1-3H3. The largest absolute Gasteiger partial charge is 0.497 e. The van der Waals surface area contributed by atoms with Crippen molar-refractivity contribution in [3.8, 4) is 5.75 Å². The Kier molecular flexibility index (Phi) is 4.19. The number of methoxy groups -OCH3 is 2. The van der Waals surface area contributed by atoms with E-state index in [0.29, 0.717) is 6.42 Å². The Labute approximate surface area is 100 Å². The van der Waals surface area contributed by atoms with Gasteiger partial charge in [0.1, 0.15) is 10.6 Å². The van der Waals surface area contributed by atoms with Crippen LogP contribution < -0.4 is 4.74 Å². The molecule has 0 radical (unpaired) electrons. The molecule has 0 heterocycles. The van der Waals surface area contributed by atoms with Crippen LogP contribution >= 0.6 is 11.6 Å². The third-order valence-electron chi connectivity index (χ3n) is 2.31. The molecule has 0 spiro atoms. The van der Waals surface area contributed by atoms with Gasteiger partial charge in [-0.1, -0.05) is 12.1 Å². The quantitative estimate of drug-likeness (QED) is 0.601. The highest BCUT2D eigenvalue weighted by atomic mass is 35.5. The Morgan fingerprint density at radius 2 is 1.88 bits per heavy atom. The monoisotopic (exact) mass is 242 g/mol. The first kappa shape index (κ1) is 12.8. The van der Waals surface area contributed by atoms with Gasteiger partial charge in [0.05, 0.1) is 14.2 Å². The molecule has 0 aliphatic carbocycles. The van der Waals surface area contributed by atoms with Crippen LogP contribution in [0, 0.1) is 0 Å². The van der Waals surface area contributed by atoms with E-state index in [9.17, 15) is 4.79 Å². The van der Waals surface area contributed by atoms with Gasteiger partial charge in [-0.15, -0.1) is 11.6 Å². The topological polar surface area (TPSA) is 35.5 Å². The predicted octanol–water partition coefficient (Wildman–Crippen LogP) is 2.41. The minimum Gasteiger partial charge on any atom is -0.497 e. The second-order valence-corrected chi connectivity index (χ2v) is 4.55. The number of ether oxygens (including phenoxy) is 2. The summed E-state index contributed by atoms with van der Waals surface area (Å²) >= 11 is 6.09. The zero-order chi connectivity index (χ0) is 12.2. The SMILES string of the molecule is COC(=O)C(C)(Cl)Cc1ccc(OC)cc1. The smallest absolute Gasteiger partial charge is 0.326 e. The Morgan fingerprint density at radius 3 is 2.31 bits per heavy atom. The normalized spacial score (nSPS) is 14.0. The van der Waals surface area contributed by atoms with E-state index in [4.69, 9.17) is 16.3 Å². The van der Waals surface area contributed by atoms with Crippen molar-refractivity contribution in [2.45, 2.75) is 18.2 Å². The van der Waals surface area contributed by atoms with Gasteiger partial charge in [-0.2, -0.15) is 0 Å². The lowest BCUT2D eigenvalue weighted by Crippen LogP contribution is -2.32. The number of benzene rings is 1. The lowest BCUT2D eigenvalue weighted by Gasteiger charge is -2.18. The molecule has 1 rings (SSSR count). The molecule has 16 heavy (non-hydrogen) atoms. The van der Waals surface area contributed by atoms with E-state index in [2.05, 4.69) is 4.74 Å². The number of carbonyl (C=O) groups is 1. The second-order valence-electron chi connectivity index (χ2n) is 3.71. The average molecular weight is 243 g/mol. The summed E-state index contributed by atoms with van der Waals surface area (Å²) < 4.78 is 9.68. The molecule has 0 bridgehead atoms. The fourth-order valence-corrected chi connectivity index (χ4v) is 1.64. The maximum Gasteiger partial charge on any atom is 0.326 e. The molecule has 88 valence electrons. The molecule has 0 saturated heterocycles. The van der Waals surface area contributed by atoms with Gasteiger partial charge in [-0.05, 0) is 24.6 Å². The molecule has 0 amide bonds. The number of hydrogen-bond acceptors (Lipinski definition) is 3. The van der Waals surface area contributed by atoms with Gasteiger partial charge >= 0.3 is 5.97 Å². The van der Waals surface area contributed by atoms with Crippen molar-refractivity contribution < 1.29 is 14.3 Å². The first-order valence-electron chi connectivity index (χ1n) is 4.90. The van der Waals surface area contributed by atoms with Crippen molar-refractivity contribution >= 4 is 17.6 Å². The fraction of sp³-hybridized carbons (Fsp3) is 0.417. The average Bonchev–Trinajstić information content (AvgIpc) is 2.28. The second kappa shape index (κ2) is 5.21. The van der Waals surface area contributed by atoms with Gasteiger partial charge < -0.3 is 9.47 Å². The summed E-state index contributed by atoms with van der Waals surface area (Å²) in [5.41, 5.74) is 0.962. The Bertz CT molecular complexity index is 357. The maximum absolute atomic E-state index is 11.4. The van der Waals surface area contributed by atoms with Crippen LogP contribution in [0.5, 0.6) is 5.75 Å². The molecule has 0 aliphatic heterocycles. The molecule has 0 N–H and O–H groups in total. The molecule has 1 unspecified atom stereocenters. The van der Waals surface area contributed by atoms with Crippen LogP contribution in [0.15, 0.2) is 24.3 Å². The van der Waals surface area contributed by atoms with Crippen molar-refractivity contribution in [2.75, 3.05) is 14.2 Å². The minimum atomic E-state index is -1.02. The molecule has 1 atom stereocenters. The van der Waals surface area contributed by atoms with Gasteiger partial charge in [-0.25, -0.2) is 0 Å². The molecule has 0 fully saturated rings. The van der Waals surface area contributed by atoms with Crippen molar-refractivity contribution in [3.05, 3.63) is 29.8 Å². The van der Waals surface area contributed by atoms with Crippen LogP contribution in [-0.4, -0.2) is 25.1 Å². The van der Waals surface area contributed by atoms with Gasteiger partial charge in [0.15, 0.2) is 0 Å². The van der Waals surface area contributed by atoms with Crippen molar-refractivity contribution in [1.29, 1.82) is 0 Å². The Balaban J connectivity index is 2.76. The zero-order valence-corrected chi connectivity index (χ0v) is 10.4. The highest BCUT2D eigenvalue weighted by Crippen LogP contribution is 2.23. The van der Waals surface area contributed by atoms with E-state index in [0.717, 1.165) is 11.3 Å². The molecular formula is C12H15ClO3.